The second-order valence-electron chi connectivity index (χ2n) is 5.66. The minimum Gasteiger partial charge on any atom is -0.491 e. The third-order valence-electron chi connectivity index (χ3n) is 3.42. The van der Waals surface area contributed by atoms with Crippen LogP contribution in [0, 0.1) is 18.8 Å². The van der Waals surface area contributed by atoms with Gasteiger partial charge in [-0.25, -0.2) is 0 Å². The van der Waals surface area contributed by atoms with Crippen molar-refractivity contribution >= 4 is 0 Å². The van der Waals surface area contributed by atoms with Gasteiger partial charge in [0.25, 0.3) is 0 Å². The van der Waals surface area contributed by atoms with E-state index in [4.69, 9.17) is 4.74 Å². The molecule has 3 nitrogen and oxygen atoms in total. The Balaban J connectivity index is 2.19. The van der Waals surface area contributed by atoms with Crippen LogP contribution in [0.4, 0.5) is 0 Å². The van der Waals surface area contributed by atoms with Crippen LogP contribution in [-0.4, -0.2) is 30.9 Å². The van der Waals surface area contributed by atoms with E-state index in [0.29, 0.717) is 25.0 Å². The van der Waals surface area contributed by atoms with Gasteiger partial charge in [0.1, 0.15) is 18.5 Å². The Bertz CT molecular complexity index is 366. The molecule has 2 unspecified atom stereocenters. The monoisotopic (exact) mass is 265 g/mol. The summed E-state index contributed by atoms with van der Waals surface area (Å²) in [7, 11) is 0. The van der Waals surface area contributed by atoms with Crippen molar-refractivity contribution in [1.29, 1.82) is 0 Å². The zero-order valence-corrected chi connectivity index (χ0v) is 12.5. The van der Waals surface area contributed by atoms with Crippen LogP contribution in [0.2, 0.25) is 0 Å². The first kappa shape index (κ1) is 16.0. The van der Waals surface area contributed by atoms with E-state index >= 15 is 0 Å². The molecule has 19 heavy (non-hydrogen) atoms. The summed E-state index contributed by atoms with van der Waals surface area (Å²) >= 11 is 0. The van der Waals surface area contributed by atoms with Gasteiger partial charge in [-0.3, -0.25) is 0 Å². The quantitative estimate of drug-likeness (QED) is 0.759. The van der Waals surface area contributed by atoms with Gasteiger partial charge in [0, 0.05) is 6.54 Å². The highest BCUT2D eigenvalue weighted by atomic mass is 16.5. The number of aryl methyl sites for hydroxylation is 1. The average molecular weight is 265 g/mol. The maximum Gasteiger partial charge on any atom is 0.119 e. The smallest absolute Gasteiger partial charge is 0.119 e. The molecular weight excluding hydrogens is 238 g/mol. The van der Waals surface area contributed by atoms with Gasteiger partial charge >= 0.3 is 0 Å². The molecule has 0 radical (unpaired) electrons. The van der Waals surface area contributed by atoms with E-state index in [2.05, 4.69) is 26.1 Å². The lowest BCUT2D eigenvalue weighted by atomic mass is 9.98. The summed E-state index contributed by atoms with van der Waals surface area (Å²) in [6, 6.07) is 7.87. The van der Waals surface area contributed by atoms with Crippen LogP contribution < -0.4 is 10.1 Å². The molecule has 0 bridgehead atoms. The fourth-order valence-electron chi connectivity index (χ4n) is 1.67. The Kier molecular flexibility index (Phi) is 6.89. The molecule has 0 aliphatic rings. The Morgan fingerprint density at radius 3 is 2.58 bits per heavy atom. The van der Waals surface area contributed by atoms with Gasteiger partial charge in [-0.15, -0.1) is 0 Å². The molecule has 0 heterocycles. The van der Waals surface area contributed by atoms with Gasteiger partial charge in [0.05, 0.1) is 0 Å². The third kappa shape index (κ3) is 6.60. The van der Waals surface area contributed by atoms with Gasteiger partial charge in [0.2, 0.25) is 0 Å². The fourth-order valence-corrected chi connectivity index (χ4v) is 1.67. The topological polar surface area (TPSA) is 41.5 Å². The maximum atomic E-state index is 9.84. The highest BCUT2D eigenvalue weighted by Crippen LogP contribution is 2.12. The van der Waals surface area contributed by atoms with Gasteiger partial charge < -0.3 is 15.2 Å². The van der Waals surface area contributed by atoms with Gasteiger partial charge in [0.15, 0.2) is 0 Å². The summed E-state index contributed by atoms with van der Waals surface area (Å²) in [6.07, 6.45) is -0.472. The van der Waals surface area contributed by atoms with Crippen molar-refractivity contribution < 1.29 is 9.84 Å². The highest BCUT2D eigenvalue weighted by Gasteiger charge is 2.09. The molecule has 3 heteroatoms. The molecular formula is C16H27NO2. The summed E-state index contributed by atoms with van der Waals surface area (Å²) in [6.45, 7) is 10.5. The van der Waals surface area contributed by atoms with E-state index in [1.165, 1.54) is 0 Å². The van der Waals surface area contributed by atoms with Crippen LogP contribution in [-0.2, 0) is 0 Å². The minimum absolute atomic E-state index is 0.326. The molecule has 0 aliphatic heterocycles. The van der Waals surface area contributed by atoms with Crippen LogP contribution in [0.5, 0.6) is 5.75 Å². The number of aliphatic hydroxyl groups excluding tert-OH is 1. The SMILES string of the molecule is Cc1cccc(OCC(O)CNCC(C)C(C)C)c1. The van der Waals surface area contributed by atoms with Crippen LogP contribution in [0.25, 0.3) is 0 Å². The zero-order valence-electron chi connectivity index (χ0n) is 12.5. The van der Waals surface area contributed by atoms with E-state index in [9.17, 15) is 5.11 Å². The number of benzene rings is 1. The van der Waals surface area contributed by atoms with Crippen molar-refractivity contribution in [2.75, 3.05) is 19.7 Å². The average Bonchev–Trinajstić information content (AvgIpc) is 2.36. The lowest BCUT2D eigenvalue weighted by Crippen LogP contribution is -2.34. The molecule has 1 aromatic carbocycles. The Morgan fingerprint density at radius 1 is 1.21 bits per heavy atom. The molecule has 0 spiro atoms. The molecule has 0 saturated heterocycles. The minimum atomic E-state index is -0.472. The summed E-state index contributed by atoms with van der Waals surface area (Å²) < 4.78 is 5.56. The largest absolute Gasteiger partial charge is 0.491 e. The number of hydrogen-bond acceptors (Lipinski definition) is 3. The summed E-state index contributed by atoms with van der Waals surface area (Å²) in [5, 5.41) is 13.1. The third-order valence-corrected chi connectivity index (χ3v) is 3.42. The molecule has 0 aliphatic carbocycles. The first-order valence-electron chi connectivity index (χ1n) is 7.07. The van der Waals surface area contributed by atoms with Gasteiger partial charge in [-0.1, -0.05) is 32.9 Å². The molecule has 108 valence electrons. The second kappa shape index (κ2) is 8.18. The van der Waals surface area contributed by atoms with Crippen molar-refractivity contribution in [2.24, 2.45) is 11.8 Å². The van der Waals surface area contributed by atoms with E-state index in [0.717, 1.165) is 17.9 Å². The Hall–Kier alpha value is -1.06. The van der Waals surface area contributed by atoms with Crippen molar-refractivity contribution in [2.45, 2.75) is 33.8 Å². The molecule has 0 amide bonds. The maximum absolute atomic E-state index is 9.84. The van der Waals surface area contributed by atoms with Gasteiger partial charge in [-0.05, 0) is 43.0 Å². The van der Waals surface area contributed by atoms with Crippen LogP contribution in [0.1, 0.15) is 26.3 Å². The molecule has 2 atom stereocenters. The molecule has 2 N–H and O–H groups in total. The zero-order chi connectivity index (χ0) is 14.3. The van der Waals surface area contributed by atoms with Crippen LogP contribution in [0.3, 0.4) is 0 Å². The van der Waals surface area contributed by atoms with Crippen molar-refractivity contribution in [3.8, 4) is 5.75 Å². The summed E-state index contributed by atoms with van der Waals surface area (Å²) in [5.41, 5.74) is 1.16. The fraction of sp³-hybridized carbons (Fsp3) is 0.625. The highest BCUT2D eigenvalue weighted by molar-refractivity contribution is 5.27. The molecule has 0 saturated carbocycles. The normalized spacial score (nSPS) is 14.4. The van der Waals surface area contributed by atoms with E-state index in [-0.39, 0.29) is 0 Å². The predicted molar refractivity (Wildman–Crippen MR) is 79.6 cm³/mol. The van der Waals surface area contributed by atoms with Gasteiger partial charge in [-0.2, -0.15) is 0 Å². The molecule has 0 aromatic heterocycles. The van der Waals surface area contributed by atoms with E-state index < -0.39 is 6.10 Å². The standard InChI is InChI=1S/C16H27NO2/c1-12(2)14(4)9-17-10-15(18)11-19-16-7-5-6-13(3)8-16/h5-8,12,14-15,17-18H,9-11H2,1-4H3. The number of aliphatic hydroxyl groups is 1. The lowest BCUT2D eigenvalue weighted by Gasteiger charge is -2.18. The summed E-state index contributed by atoms with van der Waals surface area (Å²) in [5.74, 6) is 2.09. The molecule has 1 rings (SSSR count). The van der Waals surface area contributed by atoms with Crippen molar-refractivity contribution in [1.82, 2.24) is 5.32 Å². The van der Waals surface area contributed by atoms with Crippen molar-refractivity contribution in [3.63, 3.8) is 0 Å². The van der Waals surface area contributed by atoms with E-state index in [1.54, 1.807) is 0 Å². The van der Waals surface area contributed by atoms with Crippen molar-refractivity contribution in [3.05, 3.63) is 29.8 Å². The number of hydrogen-bond donors (Lipinski definition) is 2. The Labute approximate surface area is 117 Å². The number of nitrogens with one attached hydrogen (secondary N) is 1. The molecule has 0 fully saturated rings. The predicted octanol–water partition coefficient (Wildman–Crippen LogP) is 2.62. The first-order valence-corrected chi connectivity index (χ1v) is 7.07. The lowest BCUT2D eigenvalue weighted by molar-refractivity contribution is 0.105. The summed E-state index contributed by atoms with van der Waals surface area (Å²) in [4.78, 5) is 0. The number of ether oxygens (including phenoxy) is 1. The Morgan fingerprint density at radius 2 is 1.95 bits per heavy atom. The van der Waals surface area contributed by atoms with Crippen LogP contribution in [0.15, 0.2) is 24.3 Å². The van der Waals surface area contributed by atoms with Crippen LogP contribution >= 0.6 is 0 Å². The van der Waals surface area contributed by atoms with E-state index in [1.807, 2.05) is 31.2 Å². The molecule has 1 aromatic rings. The first-order chi connectivity index (χ1) is 8.99. The second-order valence-corrected chi connectivity index (χ2v) is 5.66. The number of rotatable bonds is 8.